The zero-order valence-electron chi connectivity index (χ0n) is 11.7. The quantitative estimate of drug-likeness (QED) is 0.807. The van der Waals surface area contributed by atoms with E-state index < -0.39 is 0 Å². The van der Waals surface area contributed by atoms with Crippen LogP contribution in [0, 0.1) is 19.8 Å². The van der Waals surface area contributed by atoms with Crippen molar-refractivity contribution in [3.05, 3.63) is 34.9 Å². The molecule has 100 valence electrons. The summed E-state index contributed by atoms with van der Waals surface area (Å²) in [6, 6.07) is 6.44. The Balaban J connectivity index is 1.71. The second-order valence-electron chi connectivity index (χ2n) is 5.42. The van der Waals surface area contributed by atoms with Gasteiger partial charge in [-0.15, -0.1) is 0 Å². The minimum atomic E-state index is 0.763. The van der Waals surface area contributed by atoms with Gasteiger partial charge in [0.2, 0.25) is 0 Å². The monoisotopic (exact) mass is 247 g/mol. The molecule has 0 radical (unpaired) electrons. The molecule has 2 heteroatoms. The molecule has 1 heterocycles. The lowest BCUT2D eigenvalue weighted by molar-refractivity contribution is 0.103. The van der Waals surface area contributed by atoms with Crippen LogP contribution in [-0.2, 0) is 11.3 Å². The maximum absolute atomic E-state index is 5.86. The van der Waals surface area contributed by atoms with Gasteiger partial charge in [-0.2, -0.15) is 0 Å². The van der Waals surface area contributed by atoms with Gasteiger partial charge in [0.25, 0.3) is 0 Å². The van der Waals surface area contributed by atoms with E-state index >= 15 is 0 Å². The van der Waals surface area contributed by atoms with Gasteiger partial charge in [0.15, 0.2) is 0 Å². The molecule has 2 nitrogen and oxygen atoms in total. The molecule has 0 aromatic heterocycles. The summed E-state index contributed by atoms with van der Waals surface area (Å²) in [7, 11) is 0. The second kappa shape index (κ2) is 6.91. The predicted octanol–water partition coefficient (Wildman–Crippen LogP) is 3.21. The van der Waals surface area contributed by atoms with Crippen LogP contribution in [0.2, 0.25) is 0 Å². The van der Waals surface area contributed by atoms with Gasteiger partial charge >= 0.3 is 0 Å². The lowest BCUT2D eigenvalue weighted by Crippen LogP contribution is -2.30. The lowest BCUT2D eigenvalue weighted by atomic mass is 9.97. The average molecular weight is 247 g/mol. The van der Waals surface area contributed by atoms with Crippen LogP contribution in [0.1, 0.15) is 36.0 Å². The van der Waals surface area contributed by atoms with Gasteiger partial charge in [-0.1, -0.05) is 18.2 Å². The number of benzene rings is 1. The molecule has 1 saturated heterocycles. The van der Waals surface area contributed by atoms with E-state index in [2.05, 4.69) is 37.4 Å². The van der Waals surface area contributed by atoms with Crippen molar-refractivity contribution in [1.82, 2.24) is 5.32 Å². The van der Waals surface area contributed by atoms with Crippen LogP contribution in [0.15, 0.2) is 18.2 Å². The summed E-state index contributed by atoms with van der Waals surface area (Å²) in [5, 5.41) is 3.46. The highest BCUT2D eigenvalue weighted by atomic mass is 16.5. The first kappa shape index (κ1) is 13.6. The van der Waals surface area contributed by atoms with Crippen molar-refractivity contribution in [2.24, 2.45) is 5.92 Å². The molecule has 0 amide bonds. The molecule has 1 fully saturated rings. The van der Waals surface area contributed by atoms with Crippen LogP contribution in [0.5, 0.6) is 0 Å². The van der Waals surface area contributed by atoms with Crippen LogP contribution in [0.4, 0.5) is 0 Å². The van der Waals surface area contributed by atoms with Gasteiger partial charge in [0, 0.05) is 6.61 Å². The second-order valence-corrected chi connectivity index (χ2v) is 5.42. The molecular formula is C16H25NO. The molecule has 1 N–H and O–H groups in total. The number of hydrogen-bond donors (Lipinski definition) is 1. The highest BCUT2D eigenvalue weighted by molar-refractivity contribution is 5.32. The number of hydrogen-bond acceptors (Lipinski definition) is 2. The molecule has 0 spiro atoms. The third kappa shape index (κ3) is 3.82. The third-order valence-electron chi connectivity index (χ3n) is 3.96. The maximum atomic E-state index is 5.86. The normalized spacial score (nSPS) is 20.0. The van der Waals surface area contributed by atoms with Crippen molar-refractivity contribution in [3.63, 3.8) is 0 Å². The molecule has 1 atom stereocenters. The topological polar surface area (TPSA) is 21.3 Å². The summed E-state index contributed by atoms with van der Waals surface area (Å²) in [5.41, 5.74) is 4.04. The zero-order chi connectivity index (χ0) is 12.8. The molecule has 1 aliphatic heterocycles. The van der Waals surface area contributed by atoms with Gasteiger partial charge in [-0.25, -0.2) is 0 Å². The number of rotatable bonds is 5. The first-order valence-electron chi connectivity index (χ1n) is 7.11. The molecule has 1 aliphatic rings. The van der Waals surface area contributed by atoms with Crippen molar-refractivity contribution in [3.8, 4) is 0 Å². The van der Waals surface area contributed by atoms with Crippen LogP contribution in [0.25, 0.3) is 0 Å². The number of nitrogens with one attached hydrogen (secondary N) is 1. The standard InChI is InChI=1S/C16H25NO/c1-13-5-3-6-14(2)16(13)12-18-10-8-15-7-4-9-17-11-15/h3,5-6,15,17H,4,7-12H2,1-2H3. The first-order chi connectivity index (χ1) is 8.77. The van der Waals surface area contributed by atoms with Crippen molar-refractivity contribution in [2.45, 2.75) is 39.7 Å². The third-order valence-corrected chi connectivity index (χ3v) is 3.96. The number of piperidine rings is 1. The van der Waals surface area contributed by atoms with Crippen molar-refractivity contribution < 1.29 is 4.74 Å². The minimum Gasteiger partial charge on any atom is -0.377 e. The molecule has 0 saturated carbocycles. The van der Waals surface area contributed by atoms with Crippen molar-refractivity contribution in [2.75, 3.05) is 19.7 Å². The van der Waals surface area contributed by atoms with E-state index in [1.165, 1.54) is 49.0 Å². The van der Waals surface area contributed by atoms with E-state index in [1.807, 2.05) is 0 Å². The molecule has 1 aromatic rings. The van der Waals surface area contributed by atoms with Crippen LogP contribution in [0.3, 0.4) is 0 Å². The maximum Gasteiger partial charge on any atom is 0.0721 e. The molecule has 18 heavy (non-hydrogen) atoms. The largest absolute Gasteiger partial charge is 0.377 e. The highest BCUT2D eigenvalue weighted by Crippen LogP contribution is 2.16. The summed E-state index contributed by atoms with van der Waals surface area (Å²) in [4.78, 5) is 0. The van der Waals surface area contributed by atoms with E-state index in [4.69, 9.17) is 4.74 Å². The summed E-state index contributed by atoms with van der Waals surface area (Å²) < 4.78 is 5.86. The Kier molecular flexibility index (Phi) is 5.21. The fourth-order valence-electron chi connectivity index (χ4n) is 2.67. The van der Waals surface area contributed by atoms with E-state index in [1.54, 1.807) is 0 Å². The van der Waals surface area contributed by atoms with Crippen LogP contribution >= 0.6 is 0 Å². The average Bonchev–Trinajstić information content (AvgIpc) is 2.38. The summed E-state index contributed by atoms with van der Waals surface area (Å²) in [6.07, 6.45) is 3.87. The number of ether oxygens (including phenoxy) is 1. The Morgan fingerprint density at radius 3 is 2.72 bits per heavy atom. The van der Waals surface area contributed by atoms with Gasteiger partial charge in [-0.05, 0) is 68.8 Å². The molecule has 2 rings (SSSR count). The minimum absolute atomic E-state index is 0.763. The Bertz CT molecular complexity index is 349. The zero-order valence-corrected chi connectivity index (χ0v) is 11.7. The molecule has 0 aliphatic carbocycles. The molecule has 1 aromatic carbocycles. The lowest BCUT2D eigenvalue weighted by Gasteiger charge is -2.22. The molecular weight excluding hydrogens is 222 g/mol. The first-order valence-corrected chi connectivity index (χ1v) is 7.11. The van der Waals surface area contributed by atoms with Crippen molar-refractivity contribution >= 4 is 0 Å². The summed E-state index contributed by atoms with van der Waals surface area (Å²) >= 11 is 0. The van der Waals surface area contributed by atoms with E-state index in [-0.39, 0.29) is 0 Å². The van der Waals surface area contributed by atoms with Crippen molar-refractivity contribution in [1.29, 1.82) is 0 Å². The smallest absolute Gasteiger partial charge is 0.0721 e. The van der Waals surface area contributed by atoms with Gasteiger partial charge < -0.3 is 10.1 Å². The van der Waals surface area contributed by atoms with Crippen LogP contribution < -0.4 is 5.32 Å². The molecule has 0 bridgehead atoms. The van der Waals surface area contributed by atoms with Crippen LogP contribution in [-0.4, -0.2) is 19.7 Å². The highest BCUT2D eigenvalue weighted by Gasteiger charge is 2.12. The van der Waals surface area contributed by atoms with Gasteiger partial charge in [0.05, 0.1) is 6.61 Å². The SMILES string of the molecule is Cc1cccc(C)c1COCCC1CCCNC1. The predicted molar refractivity (Wildman–Crippen MR) is 75.8 cm³/mol. The Morgan fingerprint density at radius 1 is 1.28 bits per heavy atom. The van der Waals surface area contributed by atoms with Gasteiger partial charge in [-0.3, -0.25) is 0 Å². The summed E-state index contributed by atoms with van der Waals surface area (Å²) in [5.74, 6) is 0.816. The van der Waals surface area contributed by atoms with E-state index in [0.29, 0.717) is 0 Å². The Labute approximate surface area is 111 Å². The Morgan fingerprint density at radius 2 is 2.06 bits per heavy atom. The van der Waals surface area contributed by atoms with Gasteiger partial charge in [0.1, 0.15) is 0 Å². The fraction of sp³-hybridized carbons (Fsp3) is 0.625. The van der Waals surface area contributed by atoms with E-state index in [0.717, 1.165) is 19.1 Å². The molecule has 1 unspecified atom stereocenters. The fourth-order valence-corrected chi connectivity index (χ4v) is 2.67. The number of aryl methyl sites for hydroxylation is 2. The van der Waals surface area contributed by atoms with E-state index in [9.17, 15) is 0 Å². The Hall–Kier alpha value is -0.860. The summed E-state index contributed by atoms with van der Waals surface area (Å²) in [6.45, 7) is 8.35.